The van der Waals surface area contributed by atoms with Gasteiger partial charge in [-0.25, -0.2) is 0 Å². The molecule has 4 heteroatoms. The molecule has 0 fully saturated rings. The maximum Gasteiger partial charge on any atom is 0.109 e. The lowest BCUT2D eigenvalue weighted by Gasteiger charge is -2.40. The highest BCUT2D eigenvalue weighted by molar-refractivity contribution is 5.85. The summed E-state index contributed by atoms with van der Waals surface area (Å²) in [5.74, 6) is 0.111. The number of aromatic nitrogens is 1. The van der Waals surface area contributed by atoms with Gasteiger partial charge in [0.05, 0.1) is 12.3 Å². The maximum atomic E-state index is 9.28. The fourth-order valence-corrected chi connectivity index (χ4v) is 3.42. The van der Waals surface area contributed by atoms with Crippen LogP contribution in [0.3, 0.4) is 0 Å². The van der Waals surface area contributed by atoms with E-state index in [4.69, 9.17) is 10.5 Å². The monoisotopic (exact) mass is 274 g/mol. The smallest absolute Gasteiger partial charge is 0.109 e. The fraction of sp³-hybridized carbons (Fsp3) is 0.500. The lowest BCUT2D eigenvalue weighted by Crippen LogP contribution is -2.43. The minimum Gasteiger partial charge on any atom is -0.396 e. The van der Waals surface area contributed by atoms with E-state index in [1.54, 1.807) is 0 Å². The first-order valence-corrected chi connectivity index (χ1v) is 7.25. The van der Waals surface area contributed by atoms with E-state index in [0.29, 0.717) is 19.6 Å². The van der Waals surface area contributed by atoms with Crippen molar-refractivity contribution in [1.82, 2.24) is 4.98 Å². The average Bonchev–Trinajstić information content (AvgIpc) is 2.85. The summed E-state index contributed by atoms with van der Waals surface area (Å²) >= 11 is 0. The second-order valence-electron chi connectivity index (χ2n) is 5.67. The van der Waals surface area contributed by atoms with Crippen molar-refractivity contribution in [3.8, 4) is 0 Å². The molecule has 1 aromatic heterocycles. The summed E-state index contributed by atoms with van der Waals surface area (Å²) in [6, 6.07) is 8.35. The molecule has 3 rings (SSSR count). The van der Waals surface area contributed by atoms with Crippen LogP contribution in [0.5, 0.6) is 0 Å². The van der Waals surface area contributed by atoms with Crippen molar-refractivity contribution in [1.29, 1.82) is 0 Å². The first-order chi connectivity index (χ1) is 9.70. The number of hydrogen-bond acceptors (Lipinski definition) is 3. The van der Waals surface area contributed by atoms with E-state index in [-0.39, 0.29) is 12.5 Å². The zero-order valence-corrected chi connectivity index (χ0v) is 11.9. The number of nitrogens with one attached hydrogen (secondary N) is 1. The summed E-state index contributed by atoms with van der Waals surface area (Å²) in [5.41, 5.74) is 9.10. The van der Waals surface area contributed by atoms with Crippen LogP contribution in [-0.4, -0.2) is 29.8 Å². The number of ether oxygens (including phenoxy) is 1. The Kier molecular flexibility index (Phi) is 3.54. The maximum absolute atomic E-state index is 9.28. The van der Waals surface area contributed by atoms with E-state index in [1.165, 1.54) is 10.9 Å². The van der Waals surface area contributed by atoms with Crippen molar-refractivity contribution in [3.63, 3.8) is 0 Å². The number of aliphatic hydroxyl groups excluding tert-OH is 1. The number of hydrogen-bond donors (Lipinski definition) is 3. The summed E-state index contributed by atoms with van der Waals surface area (Å²) in [4.78, 5) is 3.52. The highest BCUT2D eigenvalue weighted by atomic mass is 16.5. The molecular weight excluding hydrogens is 252 g/mol. The Morgan fingerprint density at radius 1 is 1.45 bits per heavy atom. The zero-order chi connectivity index (χ0) is 14.2. The van der Waals surface area contributed by atoms with E-state index in [9.17, 15) is 5.11 Å². The lowest BCUT2D eigenvalue weighted by molar-refractivity contribution is -0.0936. The molecule has 4 N–H and O–H groups in total. The number of rotatable bonds is 4. The van der Waals surface area contributed by atoms with Gasteiger partial charge in [-0.3, -0.25) is 0 Å². The molecule has 0 aliphatic carbocycles. The average molecular weight is 274 g/mol. The van der Waals surface area contributed by atoms with Gasteiger partial charge in [-0.2, -0.15) is 0 Å². The van der Waals surface area contributed by atoms with Crippen LogP contribution in [0.15, 0.2) is 24.3 Å². The third kappa shape index (κ3) is 1.95. The number of fused-ring (bicyclic) bond motifs is 3. The Hall–Kier alpha value is -1.36. The van der Waals surface area contributed by atoms with Crippen LogP contribution in [0.2, 0.25) is 0 Å². The SMILES string of the molecule is CC1(C(CN)CCO)OCCc2c1[nH]c1ccccc21. The van der Waals surface area contributed by atoms with Crippen LogP contribution in [-0.2, 0) is 16.8 Å². The van der Waals surface area contributed by atoms with E-state index in [2.05, 4.69) is 30.1 Å². The molecule has 2 heterocycles. The van der Waals surface area contributed by atoms with Gasteiger partial charge < -0.3 is 20.6 Å². The quantitative estimate of drug-likeness (QED) is 0.797. The first-order valence-electron chi connectivity index (χ1n) is 7.25. The predicted molar refractivity (Wildman–Crippen MR) is 79.6 cm³/mol. The topological polar surface area (TPSA) is 71.3 Å². The fourth-order valence-electron chi connectivity index (χ4n) is 3.42. The molecule has 2 unspecified atom stereocenters. The summed E-state index contributed by atoms with van der Waals surface area (Å²) in [6.45, 7) is 3.43. The van der Waals surface area contributed by atoms with E-state index < -0.39 is 5.60 Å². The molecule has 0 amide bonds. The Morgan fingerprint density at radius 3 is 3.00 bits per heavy atom. The number of aromatic amines is 1. The van der Waals surface area contributed by atoms with Gasteiger partial charge in [0.25, 0.3) is 0 Å². The zero-order valence-electron chi connectivity index (χ0n) is 11.9. The second-order valence-corrected chi connectivity index (χ2v) is 5.67. The van der Waals surface area contributed by atoms with Crippen molar-refractivity contribution in [2.75, 3.05) is 19.8 Å². The van der Waals surface area contributed by atoms with Crippen molar-refractivity contribution in [3.05, 3.63) is 35.5 Å². The minimum atomic E-state index is -0.440. The highest BCUT2D eigenvalue weighted by Crippen LogP contribution is 2.42. The predicted octanol–water partition coefficient (Wildman–Crippen LogP) is 1.91. The van der Waals surface area contributed by atoms with Gasteiger partial charge in [0, 0.05) is 23.4 Å². The van der Waals surface area contributed by atoms with Crippen LogP contribution in [0.1, 0.15) is 24.6 Å². The number of benzene rings is 1. The van der Waals surface area contributed by atoms with Gasteiger partial charge >= 0.3 is 0 Å². The van der Waals surface area contributed by atoms with E-state index in [0.717, 1.165) is 17.6 Å². The van der Waals surface area contributed by atoms with Crippen LogP contribution in [0.4, 0.5) is 0 Å². The van der Waals surface area contributed by atoms with Gasteiger partial charge in [0.15, 0.2) is 0 Å². The van der Waals surface area contributed by atoms with E-state index in [1.807, 2.05) is 6.07 Å². The molecule has 2 aromatic rings. The molecular formula is C16H22N2O2. The lowest BCUT2D eigenvalue weighted by atomic mass is 9.80. The summed E-state index contributed by atoms with van der Waals surface area (Å²) in [6.07, 6.45) is 1.58. The Bertz CT molecular complexity index is 608. The molecule has 1 aromatic carbocycles. The third-order valence-corrected chi connectivity index (χ3v) is 4.61. The molecule has 1 aliphatic heterocycles. The molecule has 108 valence electrons. The Balaban J connectivity index is 2.13. The van der Waals surface area contributed by atoms with Crippen LogP contribution < -0.4 is 5.73 Å². The molecule has 20 heavy (non-hydrogen) atoms. The number of nitrogens with two attached hydrogens (primary N) is 1. The molecule has 2 atom stereocenters. The Labute approximate surface area is 118 Å². The third-order valence-electron chi connectivity index (χ3n) is 4.61. The molecule has 0 spiro atoms. The second kappa shape index (κ2) is 5.20. The van der Waals surface area contributed by atoms with Gasteiger partial charge in [-0.1, -0.05) is 18.2 Å². The van der Waals surface area contributed by atoms with Crippen molar-refractivity contribution < 1.29 is 9.84 Å². The molecule has 0 saturated heterocycles. The summed E-state index contributed by atoms with van der Waals surface area (Å²) in [7, 11) is 0. The molecule has 0 bridgehead atoms. The Morgan fingerprint density at radius 2 is 2.25 bits per heavy atom. The van der Waals surface area contributed by atoms with Crippen LogP contribution in [0, 0.1) is 5.92 Å². The number of H-pyrrole nitrogens is 1. The van der Waals surface area contributed by atoms with Gasteiger partial charge in [-0.15, -0.1) is 0 Å². The van der Waals surface area contributed by atoms with Gasteiger partial charge in [0.1, 0.15) is 5.60 Å². The standard InChI is InChI=1S/C16H22N2O2/c1-16(11(10-17)6-8-19)15-13(7-9-20-16)12-4-2-3-5-14(12)18-15/h2-5,11,18-19H,6-10,17H2,1H3. The largest absolute Gasteiger partial charge is 0.396 e. The minimum absolute atomic E-state index is 0.111. The molecule has 1 aliphatic rings. The summed E-state index contributed by atoms with van der Waals surface area (Å²) in [5, 5.41) is 10.6. The number of aliphatic hydroxyl groups is 1. The van der Waals surface area contributed by atoms with Gasteiger partial charge in [0.2, 0.25) is 0 Å². The van der Waals surface area contributed by atoms with Crippen molar-refractivity contribution in [2.45, 2.75) is 25.4 Å². The molecule has 0 radical (unpaired) electrons. The van der Waals surface area contributed by atoms with Crippen molar-refractivity contribution in [2.24, 2.45) is 11.7 Å². The number of para-hydroxylation sites is 1. The molecule has 0 saturated carbocycles. The van der Waals surface area contributed by atoms with E-state index >= 15 is 0 Å². The highest BCUT2D eigenvalue weighted by Gasteiger charge is 2.41. The molecule has 4 nitrogen and oxygen atoms in total. The van der Waals surface area contributed by atoms with Gasteiger partial charge in [-0.05, 0) is 37.9 Å². The van der Waals surface area contributed by atoms with Crippen LogP contribution in [0.25, 0.3) is 10.9 Å². The summed E-state index contributed by atoms with van der Waals surface area (Å²) < 4.78 is 6.10. The van der Waals surface area contributed by atoms with Crippen molar-refractivity contribution >= 4 is 10.9 Å². The first kappa shape index (κ1) is 13.6. The normalized spacial score (nSPS) is 23.8. The van der Waals surface area contributed by atoms with Crippen LogP contribution >= 0.6 is 0 Å².